The number of thioether (sulfide) groups is 1. The number of hydrogen-bond donors (Lipinski definition) is 0. The molecule has 0 aliphatic carbocycles. The first kappa shape index (κ1) is 16.2. The highest BCUT2D eigenvalue weighted by Crippen LogP contribution is 2.22. The third-order valence-corrected chi connectivity index (χ3v) is 5.33. The molecule has 0 bridgehead atoms. The van der Waals surface area contributed by atoms with Crippen molar-refractivity contribution in [1.29, 1.82) is 0 Å². The van der Waals surface area contributed by atoms with Crippen LogP contribution in [-0.2, 0) is 30.1 Å². The number of aromatic nitrogens is 2. The van der Waals surface area contributed by atoms with Gasteiger partial charge in [-0.3, -0.25) is 4.79 Å². The molecule has 1 aromatic heterocycles. The molecule has 4 rings (SSSR count). The van der Waals surface area contributed by atoms with Crippen molar-refractivity contribution in [2.24, 2.45) is 0 Å². The van der Waals surface area contributed by atoms with Crippen LogP contribution in [-0.4, -0.2) is 33.2 Å². The van der Waals surface area contributed by atoms with Crippen LogP contribution in [0.1, 0.15) is 17.0 Å². The Morgan fingerprint density at radius 3 is 2.72 bits per heavy atom. The van der Waals surface area contributed by atoms with Gasteiger partial charge >= 0.3 is 0 Å². The zero-order valence-electron chi connectivity index (χ0n) is 14.3. The lowest BCUT2D eigenvalue weighted by Gasteiger charge is -2.29. The van der Waals surface area contributed by atoms with Gasteiger partial charge in [0.2, 0.25) is 5.91 Å². The second kappa shape index (κ2) is 6.92. The predicted octanol–water partition coefficient (Wildman–Crippen LogP) is 3.48. The summed E-state index contributed by atoms with van der Waals surface area (Å²) in [4.78, 5) is 19.6. The molecule has 0 N–H and O–H groups in total. The Morgan fingerprint density at radius 2 is 1.88 bits per heavy atom. The molecular weight excluding hydrogens is 330 g/mol. The van der Waals surface area contributed by atoms with E-state index in [1.165, 1.54) is 11.1 Å². The quantitative estimate of drug-likeness (QED) is 0.722. The zero-order chi connectivity index (χ0) is 17.2. The molecule has 1 amide bonds. The van der Waals surface area contributed by atoms with Crippen molar-refractivity contribution in [2.75, 3.05) is 12.8 Å². The number of amides is 1. The van der Waals surface area contributed by atoms with Crippen LogP contribution in [0.15, 0.2) is 48.5 Å². The van der Waals surface area contributed by atoms with Crippen molar-refractivity contribution in [2.45, 2.75) is 25.3 Å². The highest BCUT2D eigenvalue weighted by atomic mass is 32.2. The number of carbonyl (C=O) groups is 1. The molecule has 0 atom stereocenters. The Kier molecular flexibility index (Phi) is 4.49. The van der Waals surface area contributed by atoms with E-state index in [-0.39, 0.29) is 5.91 Å². The van der Waals surface area contributed by atoms with Crippen molar-refractivity contribution in [3.63, 3.8) is 0 Å². The van der Waals surface area contributed by atoms with Crippen LogP contribution in [0.2, 0.25) is 0 Å². The number of hydrogen-bond acceptors (Lipinski definition) is 3. The van der Waals surface area contributed by atoms with Crippen LogP contribution >= 0.6 is 11.8 Å². The molecule has 0 saturated heterocycles. The molecule has 0 spiro atoms. The third-order valence-electron chi connectivity index (χ3n) is 4.78. The van der Waals surface area contributed by atoms with Crippen molar-refractivity contribution in [3.8, 4) is 0 Å². The maximum Gasteiger partial charge on any atom is 0.242 e. The van der Waals surface area contributed by atoms with E-state index in [0.29, 0.717) is 13.1 Å². The summed E-state index contributed by atoms with van der Waals surface area (Å²) in [6.07, 6.45) is 3.00. The average Bonchev–Trinajstić information content (AvgIpc) is 2.99. The Morgan fingerprint density at radius 1 is 1.12 bits per heavy atom. The number of rotatable bonds is 4. The zero-order valence-corrected chi connectivity index (χ0v) is 15.1. The molecule has 25 heavy (non-hydrogen) atoms. The van der Waals surface area contributed by atoms with Crippen molar-refractivity contribution in [3.05, 3.63) is 65.5 Å². The molecule has 5 heteroatoms. The fourth-order valence-electron chi connectivity index (χ4n) is 3.48. The summed E-state index contributed by atoms with van der Waals surface area (Å²) in [5, 5.41) is 0. The Labute approximate surface area is 151 Å². The van der Waals surface area contributed by atoms with Crippen LogP contribution in [0.5, 0.6) is 0 Å². The van der Waals surface area contributed by atoms with Gasteiger partial charge in [0.05, 0.1) is 16.8 Å². The smallest absolute Gasteiger partial charge is 0.242 e. The summed E-state index contributed by atoms with van der Waals surface area (Å²) >= 11 is 1.73. The molecule has 2 heterocycles. The molecular formula is C20H21N3OS. The number of fused-ring (bicyclic) bond motifs is 2. The number of carbonyl (C=O) groups excluding carboxylic acids is 1. The lowest BCUT2D eigenvalue weighted by atomic mass is 10.00. The van der Waals surface area contributed by atoms with Crippen LogP contribution in [0.4, 0.5) is 0 Å². The van der Waals surface area contributed by atoms with Gasteiger partial charge in [0.25, 0.3) is 0 Å². The maximum atomic E-state index is 12.9. The standard InChI is InChI=1S/C20H21N3OS/c1-25-14-19-21-17-8-4-5-9-18(17)23(19)13-20(24)22-11-10-15-6-2-3-7-16(15)12-22/h2-9H,10-14H2,1H3. The van der Waals surface area contributed by atoms with Gasteiger partial charge in [0.15, 0.2) is 0 Å². The van der Waals surface area contributed by atoms with E-state index in [0.717, 1.165) is 35.6 Å². The SMILES string of the molecule is CSCc1nc2ccccc2n1CC(=O)N1CCc2ccccc2C1. The first-order chi connectivity index (χ1) is 12.3. The molecule has 1 aliphatic rings. The summed E-state index contributed by atoms with van der Waals surface area (Å²) in [5.41, 5.74) is 4.63. The number of imidazole rings is 1. The minimum Gasteiger partial charge on any atom is -0.336 e. The van der Waals surface area contributed by atoms with Crippen molar-refractivity contribution in [1.82, 2.24) is 14.5 Å². The highest BCUT2D eigenvalue weighted by molar-refractivity contribution is 7.97. The highest BCUT2D eigenvalue weighted by Gasteiger charge is 2.22. The minimum absolute atomic E-state index is 0.167. The topological polar surface area (TPSA) is 38.1 Å². The number of para-hydroxylation sites is 2. The van der Waals surface area contributed by atoms with Crippen LogP contribution in [0, 0.1) is 0 Å². The Hall–Kier alpha value is -2.27. The molecule has 0 unspecified atom stereocenters. The van der Waals surface area contributed by atoms with E-state index < -0.39 is 0 Å². The maximum absolute atomic E-state index is 12.9. The van der Waals surface area contributed by atoms with Gasteiger partial charge < -0.3 is 9.47 Å². The molecule has 0 radical (unpaired) electrons. The van der Waals surface area contributed by atoms with Gasteiger partial charge in [-0.1, -0.05) is 36.4 Å². The lowest BCUT2D eigenvalue weighted by molar-refractivity contribution is -0.132. The monoisotopic (exact) mass is 351 g/mol. The van der Waals surface area contributed by atoms with Crippen LogP contribution in [0.25, 0.3) is 11.0 Å². The first-order valence-electron chi connectivity index (χ1n) is 8.54. The van der Waals surface area contributed by atoms with E-state index >= 15 is 0 Å². The molecule has 1 aliphatic heterocycles. The second-order valence-corrected chi connectivity index (χ2v) is 7.24. The molecule has 3 aromatic rings. The molecule has 0 saturated carbocycles. The van der Waals surface area contributed by atoms with Gasteiger partial charge in [0, 0.05) is 13.1 Å². The van der Waals surface area contributed by atoms with Crippen LogP contribution in [0.3, 0.4) is 0 Å². The summed E-state index contributed by atoms with van der Waals surface area (Å²) in [7, 11) is 0. The molecule has 0 fully saturated rings. The third kappa shape index (κ3) is 3.16. The summed E-state index contributed by atoms with van der Waals surface area (Å²) in [5.74, 6) is 1.95. The van der Waals surface area contributed by atoms with Gasteiger partial charge in [0.1, 0.15) is 12.4 Å². The number of benzene rings is 2. The van der Waals surface area contributed by atoms with Gasteiger partial charge in [-0.2, -0.15) is 11.8 Å². The Bertz CT molecular complexity index is 918. The normalized spacial score (nSPS) is 13.9. The second-order valence-electron chi connectivity index (χ2n) is 6.37. The van der Waals surface area contributed by atoms with Crippen molar-refractivity contribution < 1.29 is 4.79 Å². The fraction of sp³-hybridized carbons (Fsp3) is 0.300. The Balaban J connectivity index is 1.59. The summed E-state index contributed by atoms with van der Waals surface area (Å²) in [6, 6.07) is 16.5. The van der Waals surface area contributed by atoms with Gasteiger partial charge in [-0.05, 0) is 35.9 Å². The van der Waals surface area contributed by atoms with E-state index in [9.17, 15) is 4.79 Å². The van der Waals surface area contributed by atoms with E-state index in [4.69, 9.17) is 4.98 Å². The summed E-state index contributed by atoms with van der Waals surface area (Å²) < 4.78 is 2.08. The molecule has 128 valence electrons. The van der Waals surface area contributed by atoms with E-state index in [2.05, 4.69) is 29.0 Å². The van der Waals surface area contributed by atoms with Gasteiger partial charge in [-0.15, -0.1) is 0 Å². The largest absolute Gasteiger partial charge is 0.336 e. The lowest BCUT2D eigenvalue weighted by Crippen LogP contribution is -2.38. The van der Waals surface area contributed by atoms with Crippen molar-refractivity contribution >= 4 is 28.7 Å². The molecule has 2 aromatic carbocycles. The summed E-state index contributed by atoms with van der Waals surface area (Å²) in [6.45, 7) is 1.86. The van der Waals surface area contributed by atoms with Crippen LogP contribution < -0.4 is 0 Å². The first-order valence-corrected chi connectivity index (χ1v) is 9.93. The van der Waals surface area contributed by atoms with Gasteiger partial charge in [-0.25, -0.2) is 4.98 Å². The molecule has 4 nitrogen and oxygen atoms in total. The average molecular weight is 351 g/mol. The number of nitrogens with zero attached hydrogens (tertiary/aromatic N) is 3. The van der Waals surface area contributed by atoms with E-state index in [1.807, 2.05) is 35.2 Å². The fourth-order valence-corrected chi connectivity index (χ4v) is 3.96. The van der Waals surface area contributed by atoms with E-state index in [1.54, 1.807) is 11.8 Å². The predicted molar refractivity (Wildman–Crippen MR) is 103 cm³/mol. The minimum atomic E-state index is 0.167.